The van der Waals surface area contributed by atoms with Gasteiger partial charge in [-0.3, -0.25) is 4.79 Å². The second kappa shape index (κ2) is 9.35. The zero-order chi connectivity index (χ0) is 14.1. The van der Waals surface area contributed by atoms with Crippen LogP contribution in [0.1, 0.15) is 71.6 Å². The minimum Gasteiger partial charge on any atom is -0.395 e. The highest BCUT2D eigenvalue weighted by Crippen LogP contribution is 2.25. The lowest BCUT2D eigenvalue weighted by Crippen LogP contribution is -2.45. The van der Waals surface area contributed by atoms with Crippen molar-refractivity contribution in [3.05, 3.63) is 0 Å². The van der Waals surface area contributed by atoms with Gasteiger partial charge < -0.3 is 10.0 Å². The van der Waals surface area contributed by atoms with Gasteiger partial charge in [-0.2, -0.15) is 0 Å². The molecule has 1 N–H and O–H groups in total. The summed E-state index contributed by atoms with van der Waals surface area (Å²) in [5, 5.41) is 9.25. The van der Waals surface area contributed by atoms with Crippen LogP contribution in [0.5, 0.6) is 0 Å². The molecule has 3 heteroatoms. The van der Waals surface area contributed by atoms with E-state index in [2.05, 4.69) is 13.8 Å². The van der Waals surface area contributed by atoms with Gasteiger partial charge in [0, 0.05) is 18.5 Å². The van der Waals surface area contributed by atoms with Gasteiger partial charge in [-0.1, -0.05) is 46.0 Å². The maximum atomic E-state index is 12.7. The third-order valence-electron chi connectivity index (χ3n) is 4.39. The van der Waals surface area contributed by atoms with Crippen molar-refractivity contribution in [3.63, 3.8) is 0 Å². The van der Waals surface area contributed by atoms with Gasteiger partial charge in [-0.25, -0.2) is 0 Å². The molecule has 19 heavy (non-hydrogen) atoms. The summed E-state index contributed by atoms with van der Waals surface area (Å²) in [4.78, 5) is 14.7. The van der Waals surface area contributed by atoms with Gasteiger partial charge in [0.15, 0.2) is 0 Å². The first-order valence-corrected chi connectivity index (χ1v) is 8.15. The Labute approximate surface area is 118 Å². The Hall–Kier alpha value is -0.570. The standard InChI is InChI=1S/C16H31NO2/c1-3-5-9-14(4-2)16(19)17(12-13-18)15-10-7-6-8-11-15/h14-15,18H,3-13H2,1-2H3. The summed E-state index contributed by atoms with van der Waals surface area (Å²) in [6, 6.07) is 0.379. The molecule has 0 aromatic heterocycles. The Bertz CT molecular complexity index is 249. The van der Waals surface area contributed by atoms with Crippen LogP contribution >= 0.6 is 0 Å². The first kappa shape index (κ1) is 16.5. The fourth-order valence-electron chi connectivity index (χ4n) is 3.16. The van der Waals surface area contributed by atoms with E-state index in [0.29, 0.717) is 12.6 Å². The van der Waals surface area contributed by atoms with Crippen molar-refractivity contribution in [2.24, 2.45) is 5.92 Å². The number of carbonyl (C=O) groups excluding carboxylic acids is 1. The van der Waals surface area contributed by atoms with Crippen LogP contribution in [0.25, 0.3) is 0 Å². The van der Waals surface area contributed by atoms with Gasteiger partial charge in [-0.05, 0) is 25.7 Å². The summed E-state index contributed by atoms with van der Waals surface area (Å²) < 4.78 is 0. The van der Waals surface area contributed by atoms with Crippen LogP contribution in [0, 0.1) is 5.92 Å². The maximum Gasteiger partial charge on any atom is 0.225 e. The van der Waals surface area contributed by atoms with Crippen LogP contribution in [-0.2, 0) is 4.79 Å². The molecule has 1 aliphatic carbocycles. The van der Waals surface area contributed by atoms with Crippen LogP contribution in [0.4, 0.5) is 0 Å². The number of rotatable bonds is 8. The van der Waals surface area contributed by atoms with E-state index >= 15 is 0 Å². The van der Waals surface area contributed by atoms with Crippen molar-refractivity contribution in [2.75, 3.05) is 13.2 Å². The van der Waals surface area contributed by atoms with Crippen LogP contribution in [0.2, 0.25) is 0 Å². The topological polar surface area (TPSA) is 40.5 Å². The minimum absolute atomic E-state index is 0.0897. The Balaban J connectivity index is 2.63. The average Bonchev–Trinajstić information content (AvgIpc) is 2.46. The average molecular weight is 269 g/mol. The second-order valence-corrected chi connectivity index (χ2v) is 5.79. The van der Waals surface area contributed by atoms with E-state index in [1.54, 1.807) is 0 Å². The summed E-state index contributed by atoms with van der Waals surface area (Å²) in [6.45, 7) is 4.89. The molecule has 0 spiro atoms. The maximum absolute atomic E-state index is 12.7. The van der Waals surface area contributed by atoms with Crippen molar-refractivity contribution >= 4 is 5.91 Å². The summed E-state index contributed by atoms with van der Waals surface area (Å²) in [6.07, 6.45) is 10.2. The first-order valence-electron chi connectivity index (χ1n) is 8.15. The van der Waals surface area contributed by atoms with Crippen LogP contribution in [0.3, 0.4) is 0 Å². The molecule has 0 aromatic rings. The van der Waals surface area contributed by atoms with Crippen molar-refractivity contribution in [1.29, 1.82) is 0 Å². The monoisotopic (exact) mass is 269 g/mol. The van der Waals surface area contributed by atoms with E-state index in [-0.39, 0.29) is 18.4 Å². The lowest BCUT2D eigenvalue weighted by Gasteiger charge is -2.36. The molecule has 0 aromatic carbocycles. The number of hydrogen-bond acceptors (Lipinski definition) is 2. The molecular formula is C16H31NO2. The predicted molar refractivity (Wildman–Crippen MR) is 79.0 cm³/mol. The molecule has 112 valence electrons. The normalized spacial score (nSPS) is 18.3. The Morgan fingerprint density at radius 2 is 1.95 bits per heavy atom. The third-order valence-corrected chi connectivity index (χ3v) is 4.39. The van der Waals surface area contributed by atoms with Gasteiger partial charge in [-0.15, -0.1) is 0 Å². The first-order chi connectivity index (χ1) is 9.24. The Morgan fingerprint density at radius 1 is 1.26 bits per heavy atom. The quantitative estimate of drug-likeness (QED) is 0.734. The summed E-state index contributed by atoms with van der Waals surface area (Å²) in [5.74, 6) is 0.449. The number of aliphatic hydroxyl groups excluding tert-OH is 1. The lowest BCUT2D eigenvalue weighted by molar-refractivity contribution is -0.139. The fraction of sp³-hybridized carbons (Fsp3) is 0.938. The molecule has 1 aliphatic rings. The zero-order valence-corrected chi connectivity index (χ0v) is 12.7. The van der Waals surface area contributed by atoms with Gasteiger partial charge in [0.25, 0.3) is 0 Å². The molecule has 1 saturated carbocycles. The number of unbranched alkanes of at least 4 members (excludes halogenated alkanes) is 1. The summed E-state index contributed by atoms with van der Waals surface area (Å²) >= 11 is 0. The molecule has 1 unspecified atom stereocenters. The molecule has 1 atom stereocenters. The second-order valence-electron chi connectivity index (χ2n) is 5.79. The fourth-order valence-corrected chi connectivity index (χ4v) is 3.16. The largest absolute Gasteiger partial charge is 0.395 e. The number of nitrogens with zero attached hydrogens (tertiary/aromatic N) is 1. The zero-order valence-electron chi connectivity index (χ0n) is 12.7. The van der Waals surface area contributed by atoms with Gasteiger partial charge in [0.1, 0.15) is 0 Å². The SMILES string of the molecule is CCCCC(CC)C(=O)N(CCO)C1CCCCC1. The van der Waals surface area contributed by atoms with Crippen LogP contribution in [0.15, 0.2) is 0 Å². The van der Waals surface area contributed by atoms with Crippen LogP contribution < -0.4 is 0 Å². The molecule has 1 amide bonds. The smallest absolute Gasteiger partial charge is 0.225 e. The lowest BCUT2D eigenvalue weighted by atomic mass is 9.91. The number of hydrogen-bond donors (Lipinski definition) is 1. The highest BCUT2D eigenvalue weighted by atomic mass is 16.3. The van der Waals surface area contributed by atoms with Crippen LogP contribution in [-0.4, -0.2) is 35.1 Å². The van der Waals surface area contributed by atoms with E-state index in [0.717, 1.165) is 38.5 Å². The van der Waals surface area contributed by atoms with E-state index < -0.39 is 0 Å². The number of carbonyl (C=O) groups is 1. The highest BCUT2D eigenvalue weighted by molar-refractivity contribution is 5.79. The molecule has 0 heterocycles. The van der Waals surface area contributed by atoms with Crippen molar-refractivity contribution in [2.45, 2.75) is 77.7 Å². The number of aliphatic hydroxyl groups is 1. The van der Waals surface area contributed by atoms with Gasteiger partial charge in [0.05, 0.1) is 6.61 Å². The third kappa shape index (κ3) is 5.13. The predicted octanol–water partition coefficient (Wildman–Crippen LogP) is 3.36. The Morgan fingerprint density at radius 3 is 2.47 bits per heavy atom. The van der Waals surface area contributed by atoms with Gasteiger partial charge >= 0.3 is 0 Å². The minimum atomic E-state index is 0.0897. The van der Waals surface area contributed by atoms with Crippen molar-refractivity contribution < 1.29 is 9.90 Å². The molecule has 0 aliphatic heterocycles. The Kier molecular flexibility index (Phi) is 8.11. The van der Waals surface area contributed by atoms with Crippen molar-refractivity contribution in [3.8, 4) is 0 Å². The molecular weight excluding hydrogens is 238 g/mol. The molecule has 0 bridgehead atoms. The molecule has 3 nitrogen and oxygen atoms in total. The highest BCUT2D eigenvalue weighted by Gasteiger charge is 2.28. The molecule has 0 radical (unpaired) electrons. The van der Waals surface area contributed by atoms with E-state index in [1.807, 2.05) is 4.90 Å². The van der Waals surface area contributed by atoms with E-state index in [4.69, 9.17) is 0 Å². The van der Waals surface area contributed by atoms with Crippen molar-refractivity contribution in [1.82, 2.24) is 4.90 Å². The van der Waals surface area contributed by atoms with Gasteiger partial charge in [0.2, 0.25) is 5.91 Å². The molecule has 1 rings (SSSR count). The number of amides is 1. The molecule has 0 saturated heterocycles. The summed E-state index contributed by atoms with van der Waals surface area (Å²) in [7, 11) is 0. The molecule has 1 fully saturated rings. The summed E-state index contributed by atoms with van der Waals surface area (Å²) in [5.41, 5.74) is 0. The van der Waals surface area contributed by atoms with E-state index in [9.17, 15) is 9.90 Å². The van der Waals surface area contributed by atoms with E-state index in [1.165, 1.54) is 19.3 Å².